The molecule has 0 aliphatic carbocycles. The molecule has 7 heteroatoms. The number of hydrogen-bond donors (Lipinski definition) is 1. The Morgan fingerprint density at radius 3 is 2.37 bits per heavy atom. The van der Waals surface area contributed by atoms with Crippen LogP contribution in [0.15, 0.2) is 70.0 Å². The fourth-order valence-corrected chi connectivity index (χ4v) is 3.13. The topological polar surface area (TPSA) is 90.0 Å². The fraction of sp³-hybridized carbons (Fsp3) is 0.217. The molecule has 0 saturated carbocycles. The summed E-state index contributed by atoms with van der Waals surface area (Å²) in [6.45, 7) is 6.28. The van der Waals surface area contributed by atoms with Gasteiger partial charge >= 0.3 is 0 Å². The number of anilines is 1. The molecule has 4 aromatic rings. The van der Waals surface area contributed by atoms with E-state index in [2.05, 4.69) is 15.6 Å². The zero-order chi connectivity index (χ0) is 21.3. The van der Waals surface area contributed by atoms with E-state index in [4.69, 9.17) is 4.52 Å². The Bertz CT molecular complexity index is 1270. The maximum Gasteiger partial charge on any atom is 0.279 e. The van der Waals surface area contributed by atoms with Crippen molar-refractivity contribution in [1.29, 1.82) is 0 Å². The third kappa shape index (κ3) is 3.87. The van der Waals surface area contributed by atoms with Gasteiger partial charge in [0.1, 0.15) is 0 Å². The Morgan fingerprint density at radius 1 is 1.03 bits per heavy atom. The average molecular weight is 402 g/mol. The van der Waals surface area contributed by atoms with E-state index in [0.29, 0.717) is 10.8 Å². The largest absolute Gasteiger partial charge is 0.338 e. The highest BCUT2D eigenvalue weighted by Crippen LogP contribution is 2.24. The van der Waals surface area contributed by atoms with Gasteiger partial charge in [-0.15, -0.1) is 0 Å². The van der Waals surface area contributed by atoms with Crippen molar-refractivity contribution in [2.45, 2.75) is 32.7 Å². The minimum absolute atomic E-state index is 0.148. The van der Waals surface area contributed by atoms with E-state index in [-0.39, 0.29) is 29.1 Å². The predicted molar refractivity (Wildman–Crippen MR) is 115 cm³/mol. The maximum absolute atomic E-state index is 13.0. The monoisotopic (exact) mass is 402 g/mol. The van der Waals surface area contributed by atoms with Crippen molar-refractivity contribution in [1.82, 2.24) is 14.9 Å². The van der Waals surface area contributed by atoms with Crippen molar-refractivity contribution < 1.29 is 9.32 Å². The first-order valence-corrected chi connectivity index (χ1v) is 9.65. The Labute approximate surface area is 173 Å². The molecule has 0 atom stereocenters. The molecule has 1 N–H and O–H groups in total. The lowest BCUT2D eigenvalue weighted by atomic mass is 9.92. The van der Waals surface area contributed by atoms with E-state index in [1.165, 1.54) is 4.68 Å². The number of aromatic nitrogens is 3. The molecule has 2 aromatic heterocycles. The van der Waals surface area contributed by atoms with Crippen LogP contribution in [-0.2, 0) is 12.0 Å². The lowest BCUT2D eigenvalue weighted by molar-refractivity contribution is 0.101. The van der Waals surface area contributed by atoms with Crippen LogP contribution in [0, 0.1) is 0 Å². The Hall–Kier alpha value is -3.74. The molecule has 2 heterocycles. The van der Waals surface area contributed by atoms with Crippen molar-refractivity contribution in [3.05, 3.63) is 88.0 Å². The fourth-order valence-electron chi connectivity index (χ4n) is 3.13. The Balaban J connectivity index is 1.74. The lowest BCUT2D eigenvalue weighted by Crippen LogP contribution is -2.28. The summed E-state index contributed by atoms with van der Waals surface area (Å²) in [5.41, 5.74) is 1.33. The number of fused-ring (bicyclic) bond motifs is 1. The minimum Gasteiger partial charge on any atom is -0.338 e. The molecule has 0 bridgehead atoms. The van der Waals surface area contributed by atoms with Gasteiger partial charge in [0, 0.05) is 16.9 Å². The van der Waals surface area contributed by atoms with Gasteiger partial charge in [0.15, 0.2) is 5.69 Å². The van der Waals surface area contributed by atoms with E-state index in [0.717, 1.165) is 11.3 Å². The molecule has 0 fully saturated rings. The number of nitrogens with one attached hydrogen (secondary N) is 1. The minimum atomic E-state index is -0.468. The van der Waals surface area contributed by atoms with Crippen LogP contribution < -0.4 is 10.9 Å². The third-order valence-electron chi connectivity index (χ3n) is 4.77. The summed E-state index contributed by atoms with van der Waals surface area (Å²) in [4.78, 5) is 25.9. The molecule has 152 valence electrons. The highest BCUT2D eigenvalue weighted by atomic mass is 16.5. The molecule has 0 unspecified atom stereocenters. The summed E-state index contributed by atoms with van der Waals surface area (Å²) in [6.07, 6.45) is 0. The van der Waals surface area contributed by atoms with Gasteiger partial charge in [-0.3, -0.25) is 14.9 Å². The number of rotatable bonds is 4. The smallest absolute Gasteiger partial charge is 0.279 e. The van der Waals surface area contributed by atoms with Crippen LogP contribution in [0.4, 0.5) is 5.88 Å². The first kappa shape index (κ1) is 19.6. The second kappa shape index (κ2) is 7.59. The number of carbonyl (C=O) groups excluding carboxylic acids is 1. The van der Waals surface area contributed by atoms with Gasteiger partial charge in [-0.05, 0) is 11.6 Å². The second-order valence-electron chi connectivity index (χ2n) is 8.12. The SMILES string of the molecule is CC(C)(C)c1cc(NC(=O)c2nn(Cc3ccccc3)c(=O)c3ccccc23)on1. The van der Waals surface area contributed by atoms with Crippen LogP contribution in [0.3, 0.4) is 0 Å². The summed E-state index contributed by atoms with van der Waals surface area (Å²) in [5.74, 6) is -0.235. The maximum atomic E-state index is 13.0. The number of carbonyl (C=O) groups is 1. The Morgan fingerprint density at radius 2 is 1.70 bits per heavy atom. The summed E-state index contributed by atoms with van der Waals surface area (Å²) >= 11 is 0. The van der Waals surface area contributed by atoms with E-state index in [9.17, 15) is 9.59 Å². The first-order chi connectivity index (χ1) is 14.3. The molecule has 30 heavy (non-hydrogen) atoms. The van der Waals surface area contributed by atoms with Gasteiger partial charge in [0.25, 0.3) is 11.5 Å². The van der Waals surface area contributed by atoms with Gasteiger partial charge in [-0.1, -0.05) is 74.5 Å². The highest BCUT2D eigenvalue weighted by molar-refractivity contribution is 6.10. The van der Waals surface area contributed by atoms with Crippen molar-refractivity contribution in [3.8, 4) is 0 Å². The molecule has 2 aromatic carbocycles. The number of amides is 1. The molecule has 0 spiro atoms. The molecule has 0 aliphatic rings. The summed E-state index contributed by atoms with van der Waals surface area (Å²) in [7, 11) is 0. The third-order valence-corrected chi connectivity index (χ3v) is 4.77. The molecule has 4 rings (SSSR count). The van der Waals surface area contributed by atoms with E-state index >= 15 is 0 Å². The molecular weight excluding hydrogens is 380 g/mol. The van der Waals surface area contributed by atoms with Crippen LogP contribution in [-0.4, -0.2) is 20.8 Å². The second-order valence-corrected chi connectivity index (χ2v) is 8.12. The van der Waals surface area contributed by atoms with Crippen LogP contribution >= 0.6 is 0 Å². The molecule has 0 radical (unpaired) electrons. The van der Waals surface area contributed by atoms with Crippen LogP contribution in [0.25, 0.3) is 10.8 Å². The standard InChI is InChI=1S/C23H22N4O3/c1-23(2,3)18-13-19(30-26-18)24-21(28)20-16-11-7-8-12-17(16)22(29)27(25-20)14-15-9-5-4-6-10-15/h4-13H,14H2,1-3H3,(H,24,28). The van der Waals surface area contributed by atoms with Crippen molar-refractivity contribution >= 4 is 22.6 Å². The number of nitrogens with zero attached hydrogens (tertiary/aromatic N) is 3. The van der Waals surface area contributed by atoms with Crippen LogP contribution in [0.2, 0.25) is 0 Å². The molecule has 0 aliphatic heterocycles. The van der Waals surface area contributed by atoms with Gasteiger partial charge in [-0.2, -0.15) is 5.10 Å². The van der Waals surface area contributed by atoms with Gasteiger partial charge in [0.2, 0.25) is 5.88 Å². The quantitative estimate of drug-likeness (QED) is 0.558. The average Bonchev–Trinajstić information content (AvgIpc) is 3.20. The normalized spacial score (nSPS) is 11.6. The first-order valence-electron chi connectivity index (χ1n) is 9.65. The molecule has 1 amide bonds. The van der Waals surface area contributed by atoms with E-state index < -0.39 is 5.91 Å². The molecule has 7 nitrogen and oxygen atoms in total. The summed E-state index contributed by atoms with van der Waals surface area (Å²) in [6, 6.07) is 18.2. The highest BCUT2D eigenvalue weighted by Gasteiger charge is 2.22. The Kier molecular flexibility index (Phi) is 4.95. The number of hydrogen-bond acceptors (Lipinski definition) is 5. The summed E-state index contributed by atoms with van der Waals surface area (Å²) < 4.78 is 6.58. The molecular formula is C23H22N4O3. The van der Waals surface area contributed by atoms with Gasteiger partial charge in [0.05, 0.1) is 17.6 Å². The number of benzene rings is 2. The van der Waals surface area contributed by atoms with Crippen LogP contribution in [0.1, 0.15) is 42.5 Å². The van der Waals surface area contributed by atoms with Crippen molar-refractivity contribution in [2.75, 3.05) is 5.32 Å². The van der Waals surface area contributed by atoms with E-state index in [1.54, 1.807) is 30.3 Å². The van der Waals surface area contributed by atoms with Gasteiger partial charge < -0.3 is 4.52 Å². The lowest BCUT2D eigenvalue weighted by Gasteiger charge is -2.12. The predicted octanol–water partition coefficient (Wildman–Crippen LogP) is 3.98. The van der Waals surface area contributed by atoms with Crippen molar-refractivity contribution in [2.24, 2.45) is 0 Å². The van der Waals surface area contributed by atoms with Gasteiger partial charge in [-0.25, -0.2) is 4.68 Å². The van der Waals surface area contributed by atoms with E-state index in [1.807, 2.05) is 51.1 Å². The summed E-state index contributed by atoms with van der Waals surface area (Å²) in [5, 5.41) is 12.0. The van der Waals surface area contributed by atoms with Crippen LogP contribution in [0.5, 0.6) is 0 Å². The zero-order valence-corrected chi connectivity index (χ0v) is 17.0. The molecule has 0 saturated heterocycles. The van der Waals surface area contributed by atoms with Crippen molar-refractivity contribution in [3.63, 3.8) is 0 Å². The zero-order valence-electron chi connectivity index (χ0n) is 17.0.